The molecule has 2 aliphatic carbocycles. The van der Waals surface area contributed by atoms with Crippen LogP contribution < -0.4 is 0 Å². The van der Waals surface area contributed by atoms with Crippen LogP contribution in [0.3, 0.4) is 0 Å². The van der Waals surface area contributed by atoms with E-state index in [1.54, 1.807) is 0 Å². The molecule has 8 aromatic carbocycles. The standard InChI is InChI=1S/C60H41N3/c1-39-32-33-61-56(34-39)46-23-9-8-20-44(46)35-40-30-31-49-54(36-40)60(51-27-12-10-24-47(51)48-25-11-13-28-52(48)60)53-29-15-26-50(58(49)53)57-38-55(42-18-6-3-7-19-42)62-59(63-57)45-22-14-21-43(37-45)41-16-4-2-5-17-41/h2-34,36-38H,35H2,1H3. The van der Waals surface area contributed by atoms with E-state index in [9.17, 15) is 0 Å². The Morgan fingerprint density at radius 2 is 0.984 bits per heavy atom. The Hall–Kier alpha value is -8.01. The summed E-state index contributed by atoms with van der Waals surface area (Å²) in [6.45, 7) is 2.13. The van der Waals surface area contributed by atoms with Crippen molar-refractivity contribution in [2.45, 2.75) is 18.8 Å². The molecule has 1 spiro atoms. The summed E-state index contributed by atoms with van der Waals surface area (Å²) >= 11 is 0. The number of hydrogen-bond donors (Lipinski definition) is 0. The molecule has 0 amide bonds. The van der Waals surface area contributed by atoms with Crippen molar-refractivity contribution in [1.82, 2.24) is 15.0 Å². The van der Waals surface area contributed by atoms with Gasteiger partial charge in [-0.3, -0.25) is 4.98 Å². The minimum Gasteiger partial charge on any atom is -0.256 e. The average Bonchev–Trinajstić information content (AvgIpc) is 3.82. The van der Waals surface area contributed by atoms with Crippen LogP contribution in [0.25, 0.3) is 78.5 Å². The molecule has 3 heteroatoms. The fourth-order valence-electron chi connectivity index (χ4n) is 10.3. The lowest BCUT2D eigenvalue weighted by Gasteiger charge is -2.31. The number of benzene rings is 8. The Bertz CT molecular complexity index is 3340. The monoisotopic (exact) mass is 803 g/mol. The van der Waals surface area contributed by atoms with Crippen molar-refractivity contribution in [2.24, 2.45) is 0 Å². The summed E-state index contributed by atoms with van der Waals surface area (Å²) in [5, 5.41) is 0. The van der Waals surface area contributed by atoms with Gasteiger partial charge in [-0.2, -0.15) is 0 Å². The lowest BCUT2D eigenvalue weighted by molar-refractivity contribution is 0.792. The van der Waals surface area contributed by atoms with Crippen LogP contribution in [0.2, 0.25) is 0 Å². The summed E-state index contributed by atoms with van der Waals surface area (Å²) in [6.07, 6.45) is 2.69. The molecular weight excluding hydrogens is 763 g/mol. The van der Waals surface area contributed by atoms with Gasteiger partial charge in [0.05, 0.1) is 22.5 Å². The molecule has 0 fully saturated rings. The van der Waals surface area contributed by atoms with E-state index in [1.807, 2.05) is 6.20 Å². The molecule has 12 rings (SSSR count). The Morgan fingerprint density at radius 1 is 0.381 bits per heavy atom. The molecular formula is C60H41N3. The van der Waals surface area contributed by atoms with Crippen molar-refractivity contribution >= 4 is 0 Å². The molecule has 0 N–H and O–H groups in total. The zero-order valence-corrected chi connectivity index (χ0v) is 34.8. The van der Waals surface area contributed by atoms with Gasteiger partial charge in [0.25, 0.3) is 0 Å². The third kappa shape index (κ3) is 6.00. The van der Waals surface area contributed by atoms with Crippen LogP contribution in [0.1, 0.15) is 38.9 Å². The van der Waals surface area contributed by atoms with Gasteiger partial charge in [-0.1, -0.05) is 188 Å². The highest BCUT2D eigenvalue weighted by atomic mass is 14.9. The average molecular weight is 804 g/mol. The lowest BCUT2D eigenvalue weighted by atomic mass is 9.70. The van der Waals surface area contributed by atoms with Gasteiger partial charge in [0, 0.05) is 28.5 Å². The topological polar surface area (TPSA) is 38.7 Å². The maximum absolute atomic E-state index is 5.49. The number of pyridine rings is 1. The van der Waals surface area contributed by atoms with Gasteiger partial charge in [-0.15, -0.1) is 0 Å². The second kappa shape index (κ2) is 14.9. The largest absolute Gasteiger partial charge is 0.256 e. The van der Waals surface area contributed by atoms with Crippen LogP contribution in [0.5, 0.6) is 0 Å². The van der Waals surface area contributed by atoms with E-state index in [0.29, 0.717) is 5.82 Å². The quantitative estimate of drug-likeness (QED) is 0.161. The van der Waals surface area contributed by atoms with E-state index >= 15 is 0 Å². The third-order valence-corrected chi connectivity index (χ3v) is 13.1. The second-order valence-electron chi connectivity index (χ2n) is 16.8. The van der Waals surface area contributed by atoms with E-state index in [1.165, 1.54) is 66.8 Å². The summed E-state index contributed by atoms with van der Waals surface area (Å²) in [4.78, 5) is 15.6. The number of rotatable bonds is 7. The first-order valence-electron chi connectivity index (χ1n) is 21.7. The minimum atomic E-state index is -0.524. The molecule has 3 nitrogen and oxygen atoms in total. The van der Waals surface area contributed by atoms with Crippen LogP contribution in [0.15, 0.2) is 219 Å². The molecule has 63 heavy (non-hydrogen) atoms. The van der Waals surface area contributed by atoms with Crippen molar-refractivity contribution < 1.29 is 0 Å². The van der Waals surface area contributed by atoms with Crippen molar-refractivity contribution in [2.75, 3.05) is 0 Å². The van der Waals surface area contributed by atoms with Crippen LogP contribution in [-0.4, -0.2) is 15.0 Å². The van der Waals surface area contributed by atoms with Gasteiger partial charge < -0.3 is 0 Å². The number of fused-ring (bicyclic) bond motifs is 10. The van der Waals surface area contributed by atoms with Crippen molar-refractivity contribution in [3.8, 4) is 78.5 Å². The van der Waals surface area contributed by atoms with Crippen LogP contribution in [0, 0.1) is 6.92 Å². The molecule has 0 radical (unpaired) electrons. The summed E-state index contributed by atoms with van der Waals surface area (Å²) in [5.74, 6) is 0.698. The molecule has 2 heterocycles. The van der Waals surface area contributed by atoms with Crippen molar-refractivity contribution in [1.29, 1.82) is 0 Å². The molecule has 0 atom stereocenters. The minimum absolute atomic E-state index is 0.524. The van der Waals surface area contributed by atoms with Gasteiger partial charge in [0.15, 0.2) is 5.82 Å². The van der Waals surface area contributed by atoms with Gasteiger partial charge in [-0.05, 0) is 110 Å². The molecule has 10 aromatic rings. The van der Waals surface area contributed by atoms with E-state index in [4.69, 9.17) is 15.0 Å². The number of nitrogens with zero attached hydrogens (tertiary/aromatic N) is 3. The fraction of sp³-hybridized carbons (Fsp3) is 0.0500. The smallest absolute Gasteiger partial charge is 0.160 e. The van der Waals surface area contributed by atoms with Crippen LogP contribution in [0.4, 0.5) is 0 Å². The van der Waals surface area contributed by atoms with Gasteiger partial charge in [0.2, 0.25) is 0 Å². The predicted octanol–water partition coefficient (Wildman–Crippen LogP) is 14.4. The zero-order valence-electron chi connectivity index (χ0n) is 34.8. The van der Waals surface area contributed by atoms with Gasteiger partial charge in [-0.25, -0.2) is 9.97 Å². The van der Waals surface area contributed by atoms with Crippen molar-refractivity contribution in [3.05, 3.63) is 257 Å². The molecule has 2 aromatic heterocycles. The molecule has 2 aliphatic rings. The molecule has 0 bridgehead atoms. The Kier molecular flexibility index (Phi) is 8.68. The number of aryl methyl sites for hydroxylation is 1. The summed E-state index contributed by atoms with van der Waals surface area (Å²) in [5.41, 5.74) is 22.8. The zero-order chi connectivity index (χ0) is 41.9. The highest BCUT2D eigenvalue weighted by Crippen LogP contribution is 2.64. The molecule has 296 valence electrons. The van der Waals surface area contributed by atoms with Gasteiger partial charge in [0.1, 0.15) is 0 Å². The lowest BCUT2D eigenvalue weighted by Crippen LogP contribution is -2.26. The summed E-state index contributed by atoms with van der Waals surface area (Å²) in [7, 11) is 0. The molecule has 0 aliphatic heterocycles. The second-order valence-corrected chi connectivity index (χ2v) is 16.8. The first-order chi connectivity index (χ1) is 31.1. The maximum Gasteiger partial charge on any atom is 0.160 e. The highest BCUT2D eigenvalue weighted by Gasteiger charge is 2.52. The Labute approximate surface area is 368 Å². The van der Waals surface area contributed by atoms with Crippen molar-refractivity contribution in [3.63, 3.8) is 0 Å². The van der Waals surface area contributed by atoms with E-state index in [0.717, 1.165) is 51.3 Å². The Morgan fingerprint density at radius 3 is 1.75 bits per heavy atom. The third-order valence-electron chi connectivity index (χ3n) is 13.1. The predicted molar refractivity (Wildman–Crippen MR) is 257 cm³/mol. The molecule has 0 saturated heterocycles. The molecule has 0 saturated carbocycles. The first kappa shape index (κ1) is 36.8. The maximum atomic E-state index is 5.49. The van der Waals surface area contributed by atoms with Crippen LogP contribution >= 0.6 is 0 Å². The normalized spacial score (nSPS) is 12.7. The highest BCUT2D eigenvalue weighted by molar-refractivity contribution is 6.00. The van der Waals surface area contributed by atoms with E-state index in [-0.39, 0.29) is 0 Å². The number of hydrogen-bond acceptors (Lipinski definition) is 3. The van der Waals surface area contributed by atoms with E-state index in [2.05, 4.69) is 219 Å². The fourth-order valence-corrected chi connectivity index (χ4v) is 10.3. The Balaban J connectivity index is 1.09. The summed E-state index contributed by atoms with van der Waals surface area (Å²) in [6, 6.07) is 76.9. The van der Waals surface area contributed by atoms with Gasteiger partial charge >= 0.3 is 0 Å². The first-order valence-corrected chi connectivity index (χ1v) is 21.7. The van der Waals surface area contributed by atoms with Crippen LogP contribution in [-0.2, 0) is 11.8 Å². The summed E-state index contributed by atoms with van der Waals surface area (Å²) < 4.78 is 0. The molecule has 0 unspecified atom stereocenters. The SMILES string of the molecule is Cc1ccnc(-c2ccccc2Cc2ccc3c(c2)C2(c4ccccc4-c4ccccc42)c2cccc(-c4cc(-c5ccccc5)nc(-c5cccc(-c6ccccc6)c5)n4)c2-3)c1. The van der Waals surface area contributed by atoms with E-state index < -0.39 is 5.41 Å². The number of aromatic nitrogens is 3.